The molecule has 0 saturated carbocycles. The van der Waals surface area contributed by atoms with Crippen molar-refractivity contribution in [2.24, 2.45) is 0 Å². The number of Topliss-reactive ketones (excluding diaryl/α,β-unsaturated/α-hetero) is 1. The average Bonchev–Trinajstić information content (AvgIpc) is 2.87. The normalized spacial score (nSPS) is 40.6. The third-order valence-corrected chi connectivity index (χ3v) is 5.94. The van der Waals surface area contributed by atoms with Gasteiger partial charge in [0.15, 0.2) is 5.78 Å². The average molecular weight is 268 g/mol. The van der Waals surface area contributed by atoms with E-state index in [1.165, 1.54) is 0 Å². The van der Waals surface area contributed by atoms with Crippen molar-refractivity contribution in [1.29, 1.82) is 0 Å². The number of likely N-dealkylation sites (tertiary alicyclic amines) is 1. The molecule has 3 rings (SSSR count). The van der Waals surface area contributed by atoms with Crippen LogP contribution in [0.1, 0.15) is 26.2 Å². The Morgan fingerprint density at radius 3 is 2.89 bits per heavy atom. The van der Waals surface area contributed by atoms with Crippen LogP contribution < -0.4 is 0 Å². The maximum absolute atomic E-state index is 12.7. The van der Waals surface area contributed by atoms with Crippen molar-refractivity contribution in [3.8, 4) is 0 Å². The maximum Gasteiger partial charge on any atom is 0.240 e. The first-order valence-electron chi connectivity index (χ1n) is 6.72. The van der Waals surface area contributed by atoms with Crippen LogP contribution in [-0.2, 0) is 9.59 Å². The number of likely N-dealkylation sites (N-methyl/N-ethyl adjacent to an activating group) is 1. The number of ketones is 1. The molecule has 0 aromatic heterocycles. The lowest BCUT2D eigenvalue weighted by Gasteiger charge is -2.34. The van der Waals surface area contributed by atoms with Gasteiger partial charge in [-0.3, -0.25) is 14.5 Å². The molecule has 0 aromatic carbocycles. The van der Waals surface area contributed by atoms with Crippen molar-refractivity contribution < 1.29 is 9.59 Å². The van der Waals surface area contributed by atoms with Gasteiger partial charge in [-0.1, -0.05) is 0 Å². The van der Waals surface area contributed by atoms with Crippen LogP contribution >= 0.6 is 11.8 Å². The Bertz CT molecular complexity index is 387. The van der Waals surface area contributed by atoms with E-state index in [-0.39, 0.29) is 29.8 Å². The molecule has 4 nitrogen and oxygen atoms in total. The van der Waals surface area contributed by atoms with Crippen molar-refractivity contribution in [2.45, 2.75) is 49.6 Å². The number of rotatable bonds is 1. The Kier molecular flexibility index (Phi) is 3.14. The van der Waals surface area contributed by atoms with E-state index in [0.717, 1.165) is 31.6 Å². The van der Waals surface area contributed by atoms with Crippen molar-refractivity contribution in [1.82, 2.24) is 9.80 Å². The second kappa shape index (κ2) is 4.53. The predicted molar refractivity (Wildman–Crippen MR) is 71.6 cm³/mol. The van der Waals surface area contributed by atoms with E-state index in [2.05, 4.69) is 4.90 Å². The molecule has 100 valence electrons. The van der Waals surface area contributed by atoms with Crippen LogP contribution in [0.5, 0.6) is 0 Å². The smallest absolute Gasteiger partial charge is 0.240 e. The van der Waals surface area contributed by atoms with Gasteiger partial charge in [0.25, 0.3) is 0 Å². The lowest BCUT2D eigenvalue weighted by molar-refractivity contribution is -0.142. The highest BCUT2D eigenvalue weighted by atomic mass is 32.2. The van der Waals surface area contributed by atoms with Gasteiger partial charge < -0.3 is 4.90 Å². The SMILES string of the molecule is CC(=O)[C@@H]1CCC2CS[C@H]3C[C@@H](C(=O)N21)N(C)C3. The summed E-state index contributed by atoms with van der Waals surface area (Å²) >= 11 is 1.99. The zero-order chi connectivity index (χ0) is 12.9. The van der Waals surface area contributed by atoms with Gasteiger partial charge in [0, 0.05) is 23.6 Å². The quantitative estimate of drug-likeness (QED) is 0.704. The summed E-state index contributed by atoms with van der Waals surface area (Å²) in [4.78, 5) is 28.5. The highest BCUT2D eigenvalue weighted by molar-refractivity contribution is 8.00. The molecule has 1 amide bonds. The summed E-state index contributed by atoms with van der Waals surface area (Å²) in [5, 5.41) is 0.600. The molecule has 3 heterocycles. The van der Waals surface area contributed by atoms with Crippen molar-refractivity contribution in [2.75, 3.05) is 19.3 Å². The van der Waals surface area contributed by atoms with E-state index < -0.39 is 0 Å². The third kappa shape index (κ3) is 1.88. The van der Waals surface area contributed by atoms with Gasteiger partial charge in [0.2, 0.25) is 5.91 Å². The molecule has 1 unspecified atom stereocenters. The number of amides is 1. The van der Waals surface area contributed by atoms with Crippen LogP contribution in [0.25, 0.3) is 0 Å². The van der Waals surface area contributed by atoms with Crippen LogP contribution in [0.4, 0.5) is 0 Å². The number of carbonyl (C=O) groups is 2. The Balaban J connectivity index is 1.89. The molecule has 3 saturated heterocycles. The molecule has 3 aliphatic heterocycles. The van der Waals surface area contributed by atoms with Gasteiger partial charge in [-0.25, -0.2) is 0 Å². The highest BCUT2D eigenvalue weighted by Gasteiger charge is 2.47. The van der Waals surface area contributed by atoms with E-state index in [0.29, 0.717) is 5.25 Å². The van der Waals surface area contributed by atoms with E-state index in [1.807, 2.05) is 23.7 Å². The third-order valence-electron chi connectivity index (χ3n) is 4.55. The zero-order valence-corrected chi connectivity index (χ0v) is 11.8. The van der Waals surface area contributed by atoms with Gasteiger partial charge in [-0.2, -0.15) is 11.8 Å². The van der Waals surface area contributed by atoms with E-state index >= 15 is 0 Å². The Morgan fingerprint density at radius 1 is 1.39 bits per heavy atom. The highest BCUT2D eigenvalue weighted by Crippen LogP contribution is 2.37. The minimum absolute atomic E-state index is 0.00486. The minimum Gasteiger partial charge on any atom is -0.327 e. The second-order valence-electron chi connectivity index (χ2n) is 5.75. The van der Waals surface area contributed by atoms with Crippen molar-refractivity contribution in [3.05, 3.63) is 0 Å². The molecule has 0 radical (unpaired) electrons. The van der Waals surface area contributed by atoms with Gasteiger partial charge in [-0.05, 0) is 33.2 Å². The second-order valence-corrected chi connectivity index (χ2v) is 7.08. The van der Waals surface area contributed by atoms with Gasteiger partial charge in [0.05, 0.1) is 12.1 Å². The van der Waals surface area contributed by atoms with Crippen LogP contribution in [0.3, 0.4) is 0 Å². The van der Waals surface area contributed by atoms with E-state index in [9.17, 15) is 9.59 Å². The molecule has 0 spiro atoms. The summed E-state index contributed by atoms with van der Waals surface area (Å²) in [6.07, 6.45) is 2.80. The number of hydrogen-bond donors (Lipinski definition) is 0. The lowest BCUT2D eigenvalue weighted by atomic mass is 10.1. The van der Waals surface area contributed by atoms with Crippen LogP contribution in [0, 0.1) is 0 Å². The number of hydrogen-bond acceptors (Lipinski definition) is 4. The number of nitrogens with zero attached hydrogens (tertiary/aromatic N) is 2. The molecule has 3 aliphatic rings. The number of thioether (sulfide) groups is 1. The standard InChI is InChI=1S/C13H20N2O2S/c1-8(16)11-4-3-9-7-18-10-5-12(14(2)6-10)13(17)15(9)11/h9-12H,3-7H2,1-2H3/t9?,10-,11-,12-/m0/s1. The lowest BCUT2D eigenvalue weighted by Crippen LogP contribution is -2.52. The van der Waals surface area contributed by atoms with Crippen LogP contribution in [0.15, 0.2) is 0 Å². The van der Waals surface area contributed by atoms with Gasteiger partial charge >= 0.3 is 0 Å². The summed E-state index contributed by atoms with van der Waals surface area (Å²) in [5.41, 5.74) is 0. The summed E-state index contributed by atoms with van der Waals surface area (Å²) in [5.74, 6) is 1.34. The fraction of sp³-hybridized carbons (Fsp3) is 0.846. The molecule has 4 atom stereocenters. The Morgan fingerprint density at radius 2 is 2.17 bits per heavy atom. The molecule has 2 bridgehead atoms. The molecule has 5 heteroatoms. The fourth-order valence-electron chi connectivity index (χ4n) is 3.56. The fourth-order valence-corrected chi connectivity index (χ4v) is 5.04. The monoisotopic (exact) mass is 268 g/mol. The van der Waals surface area contributed by atoms with Crippen molar-refractivity contribution in [3.63, 3.8) is 0 Å². The Hall–Kier alpha value is -0.550. The molecule has 0 aliphatic carbocycles. The van der Waals surface area contributed by atoms with E-state index in [1.54, 1.807) is 6.92 Å². The molecular weight excluding hydrogens is 248 g/mol. The van der Waals surface area contributed by atoms with Gasteiger partial charge in [0.1, 0.15) is 0 Å². The summed E-state index contributed by atoms with van der Waals surface area (Å²) in [6.45, 7) is 2.62. The molecule has 0 N–H and O–H groups in total. The first-order valence-corrected chi connectivity index (χ1v) is 7.77. The molecule has 18 heavy (non-hydrogen) atoms. The maximum atomic E-state index is 12.7. The minimum atomic E-state index is -0.159. The summed E-state index contributed by atoms with van der Waals surface area (Å²) < 4.78 is 0. The number of fused-ring (bicyclic) bond motifs is 3. The summed E-state index contributed by atoms with van der Waals surface area (Å²) in [6, 6.07) is 0.132. The van der Waals surface area contributed by atoms with Crippen molar-refractivity contribution >= 4 is 23.5 Å². The largest absolute Gasteiger partial charge is 0.327 e. The van der Waals surface area contributed by atoms with E-state index in [4.69, 9.17) is 0 Å². The van der Waals surface area contributed by atoms with Gasteiger partial charge in [-0.15, -0.1) is 0 Å². The Labute approximate surface area is 112 Å². The molecule has 0 aromatic rings. The topological polar surface area (TPSA) is 40.6 Å². The summed E-state index contributed by atoms with van der Waals surface area (Å²) in [7, 11) is 2.03. The van der Waals surface area contributed by atoms with Crippen LogP contribution in [-0.4, -0.2) is 64.2 Å². The first kappa shape index (κ1) is 12.5. The molecule has 3 fully saturated rings. The molecular formula is C13H20N2O2S. The van der Waals surface area contributed by atoms with Crippen LogP contribution in [0.2, 0.25) is 0 Å². The zero-order valence-electron chi connectivity index (χ0n) is 11.0. The number of carbonyl (C=O) groups excluding carboxylic acids is 2. The first-order chi connectivity index (χ1) is 8.58. The predicted octanol–water partition coefficient (Wildman–Crippen LogP) is 0.754.